The highest BCUT2D eigenvalue weighted by Crippen LogP contribution is 2.44. The molecular formula is C9H4F8O2. The molecule has 1 N–H and O–H groups in total. The van der Waals surface area contributed by atoms with Crippen molar-refractivity contribution in [1.82, 2.24) is 0 Å². The predicted octanol–water partition coefficient (Wildman–Crippen LogP) is 4.03. The van der Waals surface area contributed by atoms with Gasteiger partial charge in [0.05, 0.1) is 11.1 Å². The SMILES string of the molecule is Oc1cc(OC(F)F)c(C(F)(F)F)cc1C(F)(F)F. The van der Waals surface area contributed by atoms with Crippen LogP contribution in [0.4, 0.5) is 35.1 Å². The highest BCUT2D eigenvalue weighted by Gasteiger charge is 2.41. The Morgan fingerprint density at radius 2 is 1.37 bits per heavy atom. The number of alkyl halides is 8. The molecule has 1 rings (SSSR count). The van der Waals surface area contributed by atoms with Gasteiger partial charge in [-0.2, -0.15) is 35.1 Å². The van der Waals surface area contributed by atoms with Crippen LogP contribution in [-0.2, 0) is 12.4 Å². The molecular weight excluding hydrogens is 292 g/mol. The van der Waals surface area contributed by atoms with Crippen LogP contribution in [0.15, 0.2) is 12.1 Å². The van der Waals surface area contributed by atoms with E-state index in [1.165, 1.54) is 0 Å². The Kier molecular flexibility index (Phi) is 3.82. The molecule has 0 saturated carbocycles. The fraction of sp³-hybridized carbons (Fsp3) is 0.333. The van der Waals surface area contributed by atoms with Crippen LogP contribution in [0.25, 0.3) is 0 Å². The third-order valence-electron chi connectivity index (χ3n) is 1.92. The van der Waals surface area contributed by atoms with E-state index in [4.69, 9.17) is 5.11 Å². The smallest absolute Gasteiger partial charge is 0.419 e. The van der Waals surface area contributed by atoms with Gasteiger partial charge in [-0.25, -0.2) is 0 Å². The van der Waals surface area contributed by atoms with E-state index in [-0.39, 0.29) is 6.07 Å². The lowest BCUT2D eigenvalue weighted by molar-refractivity contribution is -0.146. The average molecular weight is 296 g/mol. The second-order valence-electron chi connectivity index (χ2n) is 3.24. The number of aromatic hydroxyl groups is 1. The molecule has 0 bridgehead atoms. The molecule has 1 aromatic carbocycles. The first-order valence-electron chi connectivity index (χ1n) is 4.39. The van der Waals surface area contributed by atoms with Crippen molar-refractivity contribution in [2.75, 3.05) is 0 Å². The normalized spacial score (nSPS) is 12.9. The van der Waals surface area contributed by atoms with Crippen LogP contribution in [0.2, 0.25) is 0 Å². The van der Waals surface area contributed by atoms with E-state index >= 15 is 0 Å². The maximum Gasteiger partial charge on any atom is 0.419 e. The fourth-order valence-corrected chi connectivity index (χ4v) is 1.21. The summed E-state index contributed by atoms with van der Waals surface area (Å²) in [5.74, 6) is -3.23. The highest BCUT2D eigenvalue weighted by molar-refractivity contribution is 5.48. The molecule has 1 aromatic rings. The molecule has 10 heteroatoms. The second kappa shape index (κ2) is 4.74. The molecule has 0 amide bonds. The lowest BCUT2D eigenvalue weighted by atomic mass is 10.1. The molecule has 19 heavy (non-hydrogen) atoms. The van der Waals surface area contributed by atoms with Crippen LogP contribution in [0.5, 0.6) is 11.5 Å². The van der Waals surface area contributed by atoms with Crippen molar-refractivity contribution in [2.45, 2.75) is 19.0 Å². The van der Waals surface area contributed by atoms with E-state index in [0.29, 0.717) is 0 Å². The van der Waals surface area contributed by atoms with Crippen LogP contribution in [0.1, 0.15) is 11.1 Å². The van der Waals surface area contributed by atoms with E-state index < -0.39 is 47.7 Å². The molecule has 2 nitrogen and oxygen atoms in total. The van der Waals surface area contributed by atoms with Crippen molar-refractivity contribution >= 4 is 0 Å². The van der Waals surface area contributed by atoms with Gasteiger partial charge in [0.25, 0.3) is 0 Å². The van der Waals surface area contributed by atoms with E-state index in [1.807, 2.05) is 0 Å². The summed E-state index contributed by atoms with van der Waals surface area (Å²) in [4.78, 5) is 0. The fourth-order valence-electron chi connectivity index (χ4n) is 1.21. The Labute approximate surface area is 99.8 Å². The Bertz CT molecular complexity index is 463. The van der Waals surface area contributed by atoms with Crippen LogP contribution >= 0.6 is 0 Å². The zero-order chi connectivity index (χ0) is 15.0. The molecule has 0 aliphatic carbocycles. The van der Waals surface area contributed by atoms with E-state index in [0.717, 1.165) is 0 Å². The van der Waals surface area contributed by atoms with Crippen molar-refractivity contribution in [3.8, 4) is 11.5 Å². The summed E-state index contributed by atoms with van der Waals surface area (Å²) in [6.45, 7) is -3.68. The molecule has 0 radical (unpaired) electrons. The van der Waals surface area contributed by atoms with Gasteiger partial charge in [-0.05, 0) is 6.07 Å². The van der Waals surface area contributed by atoms with Crippen molar-refractivity contribution in [1.29, 1.82) is 0 Å². The van der Waals surface area contributed by atoms with Gasteiger partial charge in [-0.15, -0.1) is 0 Å². The third kappa shape index (κ3) is 3.61. The largest absolute Gasteiger partial charge is 0.507 e. The number of phenolic OH excluding ortho intramolecular Hbond substituents is 1. The Hall–Kier alpha value is -1.74. The zero-order valence-electron chi connectivity index (χ0n) is 8.61. The molecule has 0 saturated heterocycles. The molecule has 0 aliphatic heterocycles. The molecule has 0 spiro atoms. The summed E-state index contributed by atoms with van der Waals surface area (Å²) in [5, 5.41) is 8.92. The van der Waals surface area contributed by atoms with Gasteiger partial charge in [-0.1, -0.05) is 0 Å². The Balaban J connectivity index is 3.46. The minimum atomic E-state index is -5.35. The van der Waals surface area contributed by atoms with E-state index in [2.05, 4.69) is 4.74 Å². The summed E-state index contributed by atoms with van der Waals surface area (Å²) in [6, 6.07) is -0.648. The average Bonchev–Trinajstić information content (AvgIpc) is 2.11. The lowest BCUT2D eigenvalue weighted by Crippen LogP contribution is -2.14. The van der Waals surface area contributed by atoms with Gasteiger partial charge in [0.15, 0.2) is 0 Å². The van der Waals surface area contributed by atoms with Gasteiger partial charge < -0.3 is 9.84 Å². The van der Waals surface area contributed by atoms with Crippen LogP contribution in [0.3, 0.4) is 0 Å². The van der Waals surface area contributed by atoms with Crippen molar-refractivity contribution < 1.29 is 45.0 Å². The number of rotatable bonds is 2. The van der Waals surface area contributed by atoms with E-state index in [1.54, 1.807) is 0 Å². The maximum atomic E-state index is 12.4. The van der Waals surface area contributed by atoms with Gasteiger partial charge in [-0.3, -0.25) is 0 Å². The third-order valence-corrected chi connectivity index (χ3v) is 1.92. The minimum Gasteiger partial charge on any atom is -0.507 e. The molecule has 0 aromatic heterocycles. The quantitative estimate of drug-likeness (QED) is 0.835. The monoisotopic (exact) mass is 296 g/mol. The zero-order valence-corrected chi connectivity index (χ0v) is 8.61. The van der Waals surface area contributed by atoms with Gasteiger partial charge in [0.1, 0.15) is 11.5 Å². The molecule has 0 fully saturated rings. The first kappa shape index (κ1) is 15.3. The van der Waals surface area contributed by atoms with Gasteiger partial charge in [0.2, 0.25) is 0 Å². The predicted molar refractivity (Wildman–Crippen MR) is 44.7 cm³/mol. The summed E-state index contributed by atoms with van der Waals surface area (Å²) in [5.41, 5.74) is -4.06. The topological polar surface area (TPSA) is 29.5 Å². The van der Waals surface area contributed by atoms with E-state index in [9.17, 15) is 35.1 Å². The summed E-state index contributed by atoms with van der Waals surface area (Å²) < 4.78 is 101. The molecule has 108 valence electrons. The van der Waals surface area contributed by atoms with Crippen LogP contribution in [-0.4, -0.2) is 11.7 Å². The van der Waals surface area contributed by atoms with Crippen molar-refractivity contribution in [2.24, 2.45) is 0 Å². The molecule has 0 atom stereocenters. The van der Waals surface area contributed by atoms with Crippen molar-refractivity contribution in [3.63, 3.8) is 0 Å². The van der Waals surface area contributed by atoms with Gasteiger partial charge >= 0.3 is 19.0 Å². The lowest BCUT2D eigenvalue weighted by Gasteiger charge is -2.17. The standard InChI is InChI=1S/C9H4F8O2/c10-7(11)19-6-2-5(18)3(8(12,13)14)1-4(6)9(15,16)17/h1-2,7,18H. The van der Waals surface area contributed by atoms with Crippen molar-refractivity contribution in [3.05, 3.63) is 23.3 Å². The first-order chi connectivity index (χ1) is 8.43. The molecule has 0 unspecified atom stereocenters. The summed E-state index contributed by atoms with van der Waals surface area (Å²) >= 11 is 0. The molecule has 0 aliphatic rings. The summed E-state index contributed by atoms with van der Waals surface area (Å²) in [7, 11) is 0. The number of ether oxygens (including phenoxy) is 1. The summed E-state index contributed by atoms with van der Waals surface area (Å²) in [6.07, 6.45) is -10.6. The number of benzene rings is 1. The van der Waals surface area contributed by atoms with Crippen LogP contribution in [0, 0.1) is 0 Å². The number of hydrogen-bond donors (Lipinski definition) is 1. The van der Waals surface area contributed by atoms with Gasteiger partial charge in [0, 0.05) is 6.07 Å². The second-order valence-corrected chi connectivity index (χ2v) is 3.24. The minimum absolute atomic E-state index is 0.155. The number of phenols is 1. The Morgan fingerprint density at radius 3 is 1.74 bits per heavy atom. The number of halogens is 8. The number of hydrogen-bond acceptors (Lipinski definition) is 2. The maximum absolute atomic E-state index is 12.4. The Morgan fingerprint density at radius 1 is 0.895 bits per heavy atom. The molecule has 0 heterocycles. The van der Waals surface area contributed by atoms with Crippen LogP contribution < -0.4 is 4.74 Å². The first-order valence-corrected chi connectivity index (χ1v) is 4.39. The highest BCUT2D eigenvalue weighted by atomic mass is 19.4.